The molecular weight excluding hydrogens is 402 g/mol. The number of morpholine rings is 1. The molecule has 2 aliphatic heterocycles. The summed E-state index contributed by atoms with van der Waals surface area (Å²) in [5, 5.41) is 3.21. The Morgan fingerprint density at radius 3 is 2.60 bits per heavy atom. The van der Waals surface area contributed by atoms with E-state index in [1.165, 1.54) is 11.9 Å². The monoisotopic (exact) mass is 429 g/mol. The lowest BCUT2D eigenvalue weighted by Crippen LogP contribution is -2.36. The molecule has 1 saturated heterocycles. The number of nitrogens with one attached hydrogen (secondary N) is 1. The molecule has 1 aromatic carbocycles. The van der Waals surface area contributed by atoms with E-state index < -0.39 is 9.84 Å². The fourth-order valence-corrected chi connectivity index (χ4v) is 4.07. The average Bonchev–Trinajstić information content (AvgIpc) is 2.74. The van der Waals surface area contributed by atoms with E-state index in [1.54, 1.807) is 6.34 Å². The highest BCUT2D eigenvalue weighted by molar-refractivity contribution is 7.90. The molecule has 1 fully saturated rings. The number of benzene rings is 1. The molecule has 0 amide bonds. The minimum absolute atomic E-state index is 0.0566. The van der Waals surface area contributed by atoms with Crippen molar-refractivity contribution in [1.82, 2.24) is 9.88 Å². The molecule has 30 heavy (non-hydrogen) atoms. The Morgan fingerprint density at radius 1 is 1.17 bits per heavy atom. The molecule has 9 heteroatoms. The van der Waals surface area contributed by atoms with Crippen LogP contribution in [-0.4, -0.2) is 76.5 Å². The molecule has 0 aliphatic carbocycles. The van der Waals surface area contributed by atoms with Gasteiger partial charge in [0.15, 0.2) is 0 Å². The fraction of sp³-hybridized carbons (Fsp3) is 0.429. The highest BCUT2D eigenvalue weighted by atomic mass is 32.2. The first-order chi connectivity index (χ1) is 14.4. The summed E-state index contributed by atoms with van der Waals surface area (Å²) in [6.45, 7) is 4.28. The van der Waals surface area contributed by atoms with Crippen LogP contribution in [-0.2, 0) is 21.1 Å². The van der Waals surface area contributed by atoms with E-state index in [0.29, 0.717) is 18.9 Å². The predicted octanol–water partition coefficient (Wildman–Crippen LogP) is 2.15. The van der Waals surface area contributed by atoms with Crippen molar-refractivity contribution in [2.24, 2.45) is 4.99 Å². The number of hydrogen-bond donors (Lipinski definition) is 1. The minimum Gasteiger partial charge on any atom is -0.378 e. The summed E-state index contributed by atoms with van der Waals surface area (Å²) in [6.07, 6.45) is 3.04. The number of rotatable bonds is 6. The number of sulfone groups is 1. The third-order valence-electron chi connectivity index (χ3n) is 5.21. The lowest BCUT2D eigenvalue weighted by molar-refractivity contribution is 0.122. The Kier molecular flexibility index (Phi) is 5.92. The normalized spacial score (nSPS) is 16.5. The summed E-state index contributed by atoms with van der Waals surface area (Å²) in [7, 11) is -1.10. The average molecular weight is 430 g/mol. The maximum atomic E-state index is 11.5. The van der Waals surface area contributed by atoms with Crippen LogP contribution in [0.5, 0.6) is 0 Å². The van der Waals surface area contributed by atoms with Crippen LogP contribution in [0.15, 0.2) is 35.3 Å². The number of pyridine rings is 1. The summed E-state index contributed by atoms with van der Waals surface area (Å²) in [5.74, 6) is 0.744. The molecular formula is C21H27N5O3S. The first-order valence-corrected chi connectivity index (χ1v) is 12.1. The highest BCUT2D eigenvalue weighted by Crippen LogP contribution is 2.34. The molecule has 2 aliphatic rings. The van der Waals surface area contributed by atoms with Gasteiger partial charge in [0.1, 0.15) is 15.7 Å². The molecule has 8 nitrogen and oxygen atoms in total. The van der Waals surface area contributed by atoms with Crippen LogP contribution in [0.1, 0.15) is 5.56 Å². The molecule has 0 spiro atoms. The van der Waals surface area contributed by atoms with Gasteiger partial charge >= 0.3 is 0 Å². The zero-order chi connectivity index (χ0) is 21.1. The van der Waals surface area contributed by atoms with Gasteiger partial charge in [-0.05, 0) is 18.2 Å². The SMILES string of the molecule is CN1C=Nc2cc(-c3ccc(N4CCOCC4)cc3)nc(NCCS(C)(=O)=O)c2C1. The van der Waals surface area contributed by atoms with Crippen LogP contribution in [0.2, 0.25) is 0 Å². The third kappa shape index (κ3) is 4.91. The summed E-state index contributed by atoms with van der Waals surface area (Å²) in [4.78, 5) is 13.6. The van der Waals surface area contributed by atoms with Gasteiger partial charge in [0.2, 0.25) is 0 Å². The zero-order valence-electron chi connectivity index (χ0n) is 17.3. The second-order valence-corrected chi connectivity index (χ2v) is 9.98. The summed E-state index contributed by atoms with van der Waals surface area (Å²) in [5.41, 5.74) is 4.81. The lowest BCUT2D eigenvalue weighted by Gasteiger charge is -2.29. The third-order valence-corrected chi connectivity index (χ3v) is 6.15. The van der Waals surface area contributed by atoms with Crippen LogP contribution in [0.3, 0.4) is 0 Å². The van der Waals surface area contributed by atoms with Gasteiger partial charge in [-0.15, -0.1) is 0 Å². The maximum absolute atomic E-state index is 11.5. The van der Waals surface area contributed by atoms with Crippen molar-refractivity contribution in [1.29, 1.82) is 0 Å². The van der Waals surface area contributed by atoms with E-state index in [9.17, 15) is 8.42 Å². The van der Waals surface area contributed by atoms with Crippen molar-refractivity contribution >= 4 is 33.4 Å². The van der Waals surface area contributed by atoms with Crippen molar-refractivity contribution in [3.63, 3.8) is 0 Å². The van der Waals surface area contributed by atoms with Crippen molar-refractivity contribution in [3.8, 4) is 11.3 Å². The Morgan fingerprint density at radius 2 is 1.90 bits per heavy atom. The Bertz CT molecular complexity index is 1030. The standard InChI is InChI=1S/C21H27N5O3S/c1-25-14-18-20(23-15-25)13-19(24-21(18)22-7-12-30(2,27)28)16-3-5-17(6-4-16)26-8-10-29-11-9-26/h3-6,13,15H,7-12,14H2,1-2H3,(H,22,24). The molecule has 1 aromatic heterocycles. The highest BCUT2D eigenvalue weighted by Gasteiger charge is 2.18. The zero-order valence-corrected chi connectivity index (χ0v) is 18.2. The van der Waals surface area contributed by atoms with E-state index in [4.69, 9.17) is 9.72 Å². The summed E-state index contributed by atoms with van der Waals surface area (Å²) >= 11 is 0. The minimum atomic E-state index is -3.05. The second kappa shape index (κ2) is 8.61. The van der Waals surface area contributed by atoms with Gasteiger partial charge < -0.3 is 19.9 Å². The second-order valence-electron chi connectivity index (χ2n) is 7.72. The Labute approximate surface area is 177 Å². The number of ether oxygens (including phenoxy) is 1. The Hall–Kier alpha value is -2.65. The van der Waals surface area contributed by atoms with E-state index in [0.717, 1.165) is 48.8 Å². The summed E-state index contributed by atoms with van der Waals surface area (Å²) in [6, 6.07) is 10.3. The van der Waals surface area contributed by atoms with Crippen LogP contribution < -0.4 is 10.2 Å². The van der Waals surface area contributed by atoms with E-state index in [2.05, 4.69) is 39.5 Å². The number of anilines is 2. The predicted molar refractivity (Wildman–Crippen MR) is 121 cm³/mol. The number of aliphatic imine (C=N–C) groups is 1. The van der Waals surface area contributed by atoms with Crippen LogP contribution >= 0.6 is 0 Å². The van der Waals surface area contributed by atoms with Crippen LogP contribution in [0.4, 0.5) is 17.2 Å². The van der Waals surface area contributed by atoms with E-state index in [-0.39, 0.29) is 5.75 Å². The molecule has 0 saturated carbocycles. The summed E-state index contributed by atoms with van der Waals surface area (Å²) < 4.78 is 28.4. The molecule has 0 atom stereocenters. The van der Waals surface area contributed by atoms with Gasteiger partial charge in [0.25, 0.3) is 0 Å². The van der Waals surface area contributed by atoms with Gasteiger partial charge in [-0.3, -0.25) is 0 Å². The van der Waals surface area contributed by atoms with Gasteiger partial charge in [0.05, 0.1) is 36.7 Å². The number of aromatic nitrogens is 1. The molecule has 0 unspecified atom stereocenters. The van der Waals surface area contributed by atoms with Gasteiger partial charge in [-0.1, -0.05) is 12.1 Å². The van der Waals surface area contributed by atoms with Crippen molar-refractivity contribution in [2.45, 2.75) is 6.54 Å². The van der Waals surface area contributed by atoms with Crippen molar-refractivity contribution < 1.29 is 13.2 Å². The number of hydrogen-bond acceptors (Lipinski definition) is 8. The quantitative estimate of drug-likeness (QED) is 0.753. The molecule has 0 radical (unpaired) electrons. The van der Waals surface area contributed by atoms with Crippen molar-refractivity contribution in [2.75, 3.05) is 62.1 Å². The molecule has 1 N–H and O–H groups in total. The first-order valence-electron chi connectivity index (χ1n) is 10.0. The molecule has 2 aromatic rings. The number of nitrogens with zero attached hydrogens (tertiary/aromatic N) is 4. The molecule has 3 heterocycles. The van der Waals surface area contributed by atoms with E-state index in [1.807, 2.05) is 18.0 Å². The van der Waals surface area contributed by atoms with Crippen molar-refractivity contribution in [3.05, 3.63) is 35.9 Å². The molecule has 160 valence electrons. The molecule has 4 rings (SSSR count). The van der Waals surface area contributed by atoms with Gasteiger partial charge in [-0.25, -0.2) is 18.4 Å². The fourth-order valence-electron chi connectivity index (χ4n) is 3.59. The van der Waals surface area contributed by atoms with Gasteiger partial charge in [0, 0.05) is 56.3 Å². The topological polar surface area (TPSA) is 87.1 Å². The Balaban J connectivity index is 1.61. The van der Waals surface area contributed by atoms with Crippen LogP contribution in [0.25, 0.3) is 11.3 Å². The maximum Gasteiger partial charge on any atom is 0.149 e. The van der Waals surface area contributed by atoms with Crippen LogP contribution in [0, 0.1) is 0 Å². The number of fused-ring (bicyclic) bond motifs is 1. The first kappa shape index (κ1) is 20.6. The largest absolute Gasteiger partial charge is 0.378 e. The molecule has 0 bridgehead atoms. The van der Waals surface area contributed by atoms with Gasteiger partial charge in [-0.2, -0.15) is 0 Å². The lowest BCUT2D eigenvalue weighted by atomic mass is 10.1. The smallest absolute Gasteiger partial charge is 0.149 e. The van der Waals surface area contributed by atoms with E-state index >= 15 is 0 Å².